The van der Waals surface area contributed by atoms with Gasteiger partial charge in [0.05, 0.1) is 0 Å². The highest BCUT2D eigenvalue weighted by Gasteiger charge is 2.22. The van der Waals surface area contributed by atoms with E-state index in [1.54, 1.807) is 10.9 Å². The van der Waals surface area contributed by atoms with E-state index in [0.717, 1.165) is 43.1 Å². The molecule has 8 nitrogen and oxygen atoms in total. The summed E-state index contributed by atoms with van der Waals surface area (Å²) in [6.07, 6.45) is 3.56. The number of nitrogens with zero attached hydrogens (tertiary/aromatic N) is 7. The van der Waals surface area contributed by atoms with Crippen LogP contribution in [0.15, 0.2) is 53.2 Å². The van der Waals surface area contributed by atoms with E-state index in [-0.39, 0.29) is 0 Å². The second-order valence-electron chi connectivity index (χ2n) is 6.28. The Kier molecular flexibility index (Phi) is 3.90. The number of hydrogen-bond acceptors (Lipinski definition) is 7. The molecule has 1 aliphatic heterocycles. The number of aromatic nitrogens is 5. The molecule has 9 heteroatoms. The average molecular weight is 382 g/mol. The fraction of sp³-hybridized carbons (Fsp3) is 0.222. The number of piperazine rings is 1. The first-order valence-corrected chi connectivity index (χ1v) is 9.04. The third-order valence-electron chi connectivity index (χ3n) is 4.59. The molecule has 0 spiro atoms. The third-order valence-corrected chi connectivity index (χ3v) is 4.82. The number of hydrogen-bond donors (Lipinski definition) is 0. The summed E-state index contributed by atoms with van der Waals surface area (Å²) in [5, 5.41) is 13.4. The van der Waals surface area contributed by atoms with Gasteiger partial charge in [-0.1, -0.05) is 11.6 Å². The minimum atomic E-state index is 0.632. The zero-order valence-electron chi connectivity index (χ0n) is 14.4. The molecule has 0 aliphatic carbocycles. The molecule has 136 valence electrons. The van der Waals surface area contributed by atoms with Crippen LogP contribution in [-0.4, -0.2) is 51.1 Å². The molecule has 0 unspecified atom stereocenters. The van der Waals surface area contributed by atoms with Gasteiger partial charge in [-0.15, -0.1) is 10.2 Å². The normalized spacial score (nSPS) is 14.9. The lowest BCUT2D eigenvalue weighted by Crippen LogP contribution is -2.47. The second-order valence-corrected chi connectivity index (χ2v) is 6.72. The first-order valence-electron chi connectivity index (χ1n) is 8.66. The highest BCUT2D eigenvalue weighted by molar-refractivity contribution is 6.31. The van der Waals surface area contributed by atoms with E-state index in [1.165, 1.54) is 0 Å². The molecule has 1 aromatic carbocycles. The number of benzene rings is 1. The number of oxazole rings is 1. The Bertz CT molecular complexity index is 1050. The number of rotatable bonds is 3. The van der Waals surface area contributed by atoms with Gasteiger partial charge in [0.25, 0.3) is 6.01 Å². The Morgan fingerprint density at radius 3 is 2.44 bits per heavy atom. The van der Waals surface area contributed by atoms with Crippen LogP contribution in [0.25, 0.3) is 16.9 Å². The topological polar surface area (TPSA) is 76.1 Å². The average Bonchev–Trinajstić information content (AvgIpc) is 3.38. The summed E-state index contributed by atoms with van der Waals surface area (Å²) in [7, 11) is 0. The molecule has 0 amide bonds. The Balaban J connectivity index is 1.28. The van der Waals surface area contributed by atoms with Crippen molar-refractivity contribution in [3.63, 3.8) is 0 Å². The number of anilines is 2. The van der Waals surface area contributed by atoms with Gasteiger partial charge in [-0.05, 0) is 36.4 Å². The fourth-order valence-corrected chi connectivity index (χ4v) is 3.33. The van der Waals surface area contributed by atoms with Crippen molar-refractivity contribution in [2.24, 2.45) is 0 Å². The third kappa shape index (κ3) is 3.08. The van der Waals surface area contributed by atoms with Crippen LogP contribution in [0.2, 0.25) is 5.02 Å². The van der Waals surface area contributed by atoms with Gasteiger partial charge in [0.15, 0.2) is 17.2 Å². The van der Waals surface area contributed by atoms with Crippen LogP contribution in [-0.2, 0) is 0 Å². The summed E-state index contributed by atoms with van der Waals surface area (Å²) >= 11 is 6.02. The molecule has 27 heavy (non-hydrogen) atoms. The molecule has 0 saturated carbocycles. The van der Waals surface area contributed by atoms with E-state index in [1.807, 2.05) is 42.6 Å². The standard InChI is InChI=1S/C18H16ClN7O/c19-13-2-3-15-14(12-13)21-18(27-15)25-10-8-24(9-11-25)16-4-5-17(23-22-16)26-7-1-6-20-26/h1-7,12H,8-11H2. The van der Waals surface area contributed by atoms with E-state index < -0.39 is 0 Å². The van der Waals surface area contributed by atoms with Gasteiger partial charge in [0.1, 0.15) is 5.52 Å². The highest BCUT2D eigenvalue weighted by atomic mass is 35.5. The summed E-state index contributed by atoms with van der Waals surface area (Å²) < 4.78 is 7.55. The van der Waals surface area contributed by atoms with Crippen LogP contribution in [0, 0.1) is 0 Å². The molecule has 1 saturated heterocycles. The molecule has 3 aromatic heterocycles. The zero-order chi connectivity index (χ0) is 18.2. The van der Waals surface area contributed by atoms with Crippen LogP contribution in [0.3, 0.4) is 0 Å². The summed E-state index contributed by atoms with van der Waals surface area (Å²) in [5.41, 5.74) is 1.52. The maximum Gasteiger partial charge on any atom is 0.298 e. The summed E-state index contributed by atoms with van der Waals surface area (Å²) in [6.45, 7) is 3.22. The van der Waals surface area contributed by atoms with Gasteiger partial charge in [-0.3, -0.25) is 0 Å². The molecule has 0 atom stereocenters. The second kappa shape index (κ2) is 6.55. The van der Waals surface area contributed by atoms with Gasteiger partial charge < -0.3 is 14.2 Å². The van der Waals surface area contributed by atoms with E-state index in [4.69, 9.17) is 16.0 Å². The molecule has 1 aliphatic rings. The first-order chi connectivity index (χ1) is 13.3. The Labute approximate surface area is 160 Å². The van der Waals surface area contributed by atoms with Crippen molar-refractivity contribution in [3.8, 4) is 5.82 Å². The van der Waals surface area contributed by atoms with Gasteiger partial charge >= 0.3 is 0 Å². The molecular weight excluding hydrogens is 366 g/mol. The van der Waals surface area contributed by atoms with Gasteiger partial charge in [-0.2, -0.15) is 10.1 Å². The Hall–Kier alpha value is -3.13. The zero-order valence-corrected chi connectivity index (χ0v) is 15.1. The van der Waals surface area contributed by atoms with Crippen molar-refractivity contribution in [1.82, 2.24) is 25.0 Å². The largest absolute Gasteiger partial charge is 0.423 e. The molecule has 1 fully saturated rings. The molecule has 0 radical (unpaired) electrons. The summed E-state index contributed by atoms with van der Waals surface area (Å²) in [6, 6.07) is 11.9. The van der Waals surface area contributed by atoms with E-state index in [2.05, 4.69) is 30.1 Å². The maximum absolute atomic E-state index is 6.02. The molecule has 4 heterocycles. The van der Waals surface area contributed by atoms with E-state index in [0.29, 0.717) is 16.9 Å². The van der Waals surface area contributed by atoms with Crippen LogP contribution >= 0.6 is 11.6 Å². The van der Waals surface area contributed by atoms with Crippen LogP contribution < -0.4 is 9.80 Å². The monoisotopic (exact) mass is 381 g/mol. The van der Waals surface area contributed by atoms with E-state index >= 15 is 0 Å². The minimum Gasteiger partial charge on any atom is -0.423 e. The summed E-state index contributed by atoms with van der Waals surface area (Å²) in [4.78, 5) is 8.89. The molecule has 0 N–H and O–H groups in total. The predicted molar refractivity (Wildman–Crippen MR) is 103 cm³/mol. The lowest BCUT2D eigenvalue weighted by atomic mass is 10.3. The van der Waals surface area contributed by atoms with E-state index in [9.17, 15) is 0 Å². The van der Waals surface area contributed by atoms with Crippen molar-refractivity contribution in [2.45, 2.75) is 0 Å². The van der Waals surface area contributed by atoms with Crippen molar-refractivity contribution < 1.29 is 4.42 Å². The number of halogens is 1. The van der Waals surface area contributed by atoms with Crippen molar-refractivity contribution in [2.75, 3.05) is 36.0 Å². The molecule has 5 rings (SSSR count). The fourth-order valence-electron chi connectivity index (χ4n) is 3.16. The number of fused-ring (bicyclic) bond motifs is 1. The lowest BCUT2D eigenvalue weighted by Gasteiger charge is -2.34. The van der Waals surface area contributed by atoms with Gasteiger partial charge in [-0.25, -0.2) is 4.68 Å². The molecular formula is C18H16ClN7O. The maximum atomic E-state index is 6.02. The van der Waals surface area contributed by atoms with Gasteiger partial charge in [0.2, 0.25) is 0 Å². The highest BCUT2D eigenvalue weighted by Crippen LogP contribution is 2.25. The molecule has 4 aromatic rings. The molecule has 0 bridgehead atoms. The van der Waals surface area contributed by atoms with Gasteiger partial charge in [0, 0.05) is 43.6 Å². The van der Waals surface area contributed by atoms with Crippen LogP contribution in [0.5, 0.6) is 0 Å². The Morgan fingerprint density at radius 2 is 1.70 bits per heavy atom. The van der Waals surface area contributed by atoms with Crippen molar-refractivity contribution in [1.29, 1.82) is 0 Å². The van der Waals surface area contributed by atoms with Crippen LogP contribution in [0.4, 0.5) is 11.8 Å². The Morgan fingerprint density at radius 1 is 0.926 bits per heavy atom. The smallest absolute Gasteiger partial charge is 0.298 e. The first kappa shape index (κ1) is 16.1. The SMILES string of the molecule is Clc1ccc2oc(N3CCN(c4ccc(-n5cccn5)nn4)CC3)nc2c1. The van der Waals surface area contributed by atoms with Crippen molar-refractivity contribution in [3.05, 3.63) is 53.8 Å². The minimum absolute atomic E-state index is 0.632. The summed E-state index contributed by atoms with van der Waals surface area (Å²) in [5.74, 6) is 1.56. The lowest BCUT2D eigenvalue weighted by molar-refractivity contribution is 0.540. The van der Waals surface area contributed by atoms with Crippen molar-refractivity contribution >= 4 is 34.5 Å². The predicted octanol–water partition coefficient (Wildman–Crippen LogP) is 2.78. The van der Waals surface area contributed by atoms with Crippen LogP contribution in [0.1, 0.15) is 0 Å². The quantitative estimate of drug-likeness (QED) is 0.540.